The maximum absolute atomic E-state index is 12.4. The predicted molar refractivity (Wildman–Crippen MR) is 67.4 cm³/mol. The van der Waals surface area contributed by atoms with E-state index in [1.54, 1.807) is 18.0 Å². The molecule has 2 atom stereocenters. The molecule has 1 aliphatic heterocycles. The van der Waals surface area contributed by atoms with Gasteiger partial charge in [-0.25, -0.2) is 0 Å². The van der Waals surface area contributed by atoms with Gasteiger partial charge in [-0.3, -0.25) is 9.78 Å². The Balaban J connectivity index is 1.79. The van der Waals surface area contributed by atoms with E-state index in [0.717, 1.165) is 30.0 Å². The summed E-state index contributed by atoms with van der Waals surface area (Å²) in [5, 5.41) is 0. The average Bonchev–Trinajstić information content (AvgIpc) is 2.83. The van der Waals surface area contributed by atoms with E-state index in [9.17, 15) is 4.79 Å². The Kier molecular flexibility index (Phi) is 3.16. The molecule has 4 heteroatoms. The second kappa shape index (κ2) is 4.78. The van der Waals surface area contributed by atoms with Crippen LogP contribution in [0.3, 0.4) is 0 Å². The van der Waals surface area contributed by atoms with E-state index in [2.05, 4.69) is 11.1 Å². The number of ketones is 1. The summed E-state index contributed by atoms with van der Waals surface area (Å²) >= 11 is 1.81. The van der Waals surface area contributed by atoms with Crippen LogP contribution < -0.4 is 0 Å². The Bertz CT molecular complexity index is 429. The molecule has 90 valence electrons. The number of nitrogens with zero attached hydrogens (tertiary/aromatic N) is 1. The quantitative estimate of drug-likeness (QED) is 0.801. The number of aromatic nitrogens is 1. The zero-order chi connectivity index (χ0) is 11.7. The minimum atomic E-state index is -0.216. The van der Waals surface area contributed by atoms with E-state index in [-0.39, 0.29) is 17.8 Å². The number of thioether (sulfide) groups is 1. The van der Waals surface area contributed by atoms with Crippen LogP contribution in [0.4, 0.5) is 0 Å². The molecule has 1 saturated heterocycles. The van der Waals surface area contributed by atoms with Crippen molar-refractivity contribution >= 4 is 17.5 Å². The summed E-state index contributed by atoms with van der Waals surface area (Å²) in [5.41, 5.74) is 2.21. The number of ether oxygens (including phenoxy) is 1. The van der Waals surface area contributed by atoms with Crippen LogP contribution in [0.25, 0.3) is 0 Å². The highest BCUT2D eigenvalue weighted by Gasteiger charge is 2.35. The van der Waals surface area contributed by atoms with Crippen molar-refractivity contribution in [1.29, 1.82) is 0 Å². The van der Waals surface area contributed by atoms with Crippen LogP contribution in [0, 0.1) is 0 Å². The maximum Gasteiger partial charge on any atom is 0.171 e. The van der Waals surface area contributed by atoms with Crippen LogP contribution >= 0.6 is 11.8 Å². The van der Waals surface area contributed by atoms with E-state index in [0.29, 0.717) is 6.61 Å². The molecule has 1 fully saturated rings. The fraction of sp³-hybridized carbons (Fsp3) is 0.538. The third-order valence-corrected chi connectivity index (χ3v) is 4.43. The lowest BCUT2D eigenvalue weighted by molar-refractivity contribution is -0.130. The fourth-order valence-corrected chi connectivity index (χ4v) is 3.42. The molecular formula is C13H15NO2S. The number of hydrogen-bond donors (Lipinski definition) is 0. The predicted octanol–water partition coefficient (Wildman–Crippen LogP) is 1.81. The zero-order valence-electron chi connectivity index (χ0n) is 9.59. The first kappa shape index (κ1) is 11.2. The van der Waals surface area contributed by atoms with Crippen LogP contribution in [0.5, 0.6) is 0 Å². The highest BCUT2D eigenvalue weighted by molar-refractivity contribution is 7.99. The minimum Gasteiger partial charge on any atom is -0.369 e. The first-order valence-electron chi connectivity index (χ1n) is 6.03. The SMILES string of the molecule is O=C(C1CSCCO1)C1CCc2cccnc21. The Hall–Kier alpha value is -0.870. The molecule has 0 N–H and O–H groups in total. The van der Waals surface area contributed by atoms with Gasteiger partial charge in [0.15, 0.2) is 5.78 Å². The van der Waals surface area contributed by atoms with Crippen molar-refractivity contribution in [3.05, 3.63) is 29.6 Å². The van der Waals surface area contributed by atoms with Gasteiger partial charge in [-0.2, -0.15) is 11.8 Å². The van der Waals surface area contributed by atoms with Gasteiger partial charge in [-0.1, -0.05) is 6.07 Å². The monoisotopic (exact) mass is 249 g/mol. The average molecular weight is 249 g/mol. The molecule has 0 saturated carbocycles. The first-order valence-corrected chi connectivity index (χ1v) is 7.18. The minimum absolute atomic E-state index is 0.0325. The Morgan fingerprint density at radius 2 is 2.47 bits per heavy atom. The van der Waals surface area contributed by atoms with E-state index in [1.165, 1.54) is 5.56 Å². The van der Waals surface area contributed by atoms with Gasteiger partial charge in [-0.15, -0.1) is 0 Å². The summed E-state index contributed by atoms with van der Waals surface area (Å²) in [7, 11) is 0. The fourth-order valence-electron chi connectivity index (χ4n) is 2.57. The van der Waals surface area contributed by atoms with Crippen molar-refractivity contribution in [2.75, 3.05) is 18.1 Å². The zero-order valence-corrected chi connectivity index (χ0v) is 10.4. The topological polar surface area (TPSA) is 39.2 Å². The largest absolute Gasteiger partial charge is 0.369 e. The normalized spacial score (nSPS) is 27.8. The van der Waals surface area contributed by atoms with Crippen molar-refractivity contribution in [3.63, 3.8) is 0 Å². The highest BCUT2D eigenvalue weighted by atomic mass is 32.2. The number of fused-ring (bicyclic) bond motifs is 1. The number of hydrogen-bond acceptors (Lipinski definition) is 4. The first-order chi connectivity index (χ1) is 8.36. The molecule has 0 radical (unpaired) electrons. The number of aryl methyl sites for hydroxylation is 1. The van der Waals surface area contributed by atoms with Crippen molar-refractivity contribution in [2.45, 2.75) is 24.9 Å². The summed E-state index contributed by atoms with van der Waals surface area (Å²) in [6.45, 7) is 0.697. The van der Waals surface area contributed by atoms with E-state index in [1.807, 2.05) is 6.07 Å². The molecule has 2 unspecified atom stereocenters. The lowest BCUT2D eigenvalue weighted by atomic mass is 9.97. The van der Waals surface area contributed by atoms with Crippen molar-refractivity contribution in [2.24, 2.45) is 0 Å². The summed E-state index contributed by atoms with van der Waals surface area (Å²) in [6, 6.07) is 4.02. The van der Waals surface area contributed by atoms with Gasteiger partial charge >= 0.3 is 0 Å². The van der Waals surface area contributed by atoms with Gasteiger partial charge in [0, 0.05) is 17.7 Å². The lowest BCUT2D eigenvalue weighted by Crippen LogP contribution is -2.34. The van der Waals surface area contributed by atoms with Crippen LogP contribution in [0.1, 0.15) is 23.6 Å². The summed E-state index contributed by atoms with van der Waals surface area (Å²) in [4.78, 5) is 16.8. The Morgan fingerprint density at radius 3 is 3.29 bits per heavy atom. The third kappa shape index (κ3) is 2.11. The maximum atomic E-state index is 12.4. The Labute approximate surface area is 105 Å². The molecule has 17 heavy (non-hydrogen) atoms. The van der Waals surface area contributed by atoms with E-state index < -0.39 is 0 Å². The summed E-state index contributed by atoms with van der Waals surface area (Å²) in [6.07, 6.45) is 3.43. The molecule has 0 amide bonds. The molecule has 0 aromatic carbocycles. The number of carbonyl (C=O) groups excluding carboxylic acids is 1. The van der Waals surface area contributed by atoms with Crippen LogP contribution in [0.15, 0.2) is 18.3 Å². The Morgan fingerprint density at radius 1 is 1.53 bits per heavy atom. The number of carbonyl (C=O) groups is 1. The third-order valence-electron chi connectivity index (χ3n) is 3.44. The molecule has 2 aliphatic rings. The number of rotatable bonds is 2. The van der Waals surface area contributed by atoms with Gasteiger partial charge < -0.3 is 4.74 Å². The van der Waals surface area contributed by atoms with Gasteiger partial charge in [0.2, 0.25) is 0 Å². The standard InChI is InChI=1S/C13H15NO2S/c15-13(11-8-17-7-6-16-11)10-4-3-9-2-1-5-14-12(9)10/h1-2,5,10-11H,3-4,6-8H2. The molecule has 0 bridgehead atoms. The molecule has 1 aromatic heterocycles. The van der Waals surface area contributed by atoms with Crippen molar-refractivity contribution < 1.29 is 9.53 Å². The smallest absolute Gasteiger partial charge is 0.171 e. The van der Waals surface area contributed by atoms with Gasteiger partial charge in [0.05, 0.1) is 18.2 Å². The second-order valence-corrected chi connectivity index (χ2v) is 5.63. The molecule has 3 rings (SSSR count). The van der Waals surface area contributed by atoms with E-state index in [4.69, 9.17) is 4.74 Å². The number of Topliss-reactive ketones (excluding diaryl/α,β-unsaturated/α-hetero) is 1. The molecular weight excluding hydrogens is 234 g/mol. The molecule has 1 aromatic rings. The molecule has 0 spiro atoms. The molecule has 2 heterocycles. The van der Waals surface area contributed by atoms with Crippen molar-refractivity contribution in [3.8, 4) is 0 Å². The molecule has 1 aliphatic carbocycles. The van der Waals surface area contributed by atoms with Crippen LogP contribution in [-0.2, 0) is 16.0 Å². The lowest BCUT2D eigenvalue weighted by Gasteiger charge is -2.23. The van der Waals surface area contributed by atoms with Gasteiger partial charge in [0.1, 0.15) is 6.10 Å². The van der Waals surface area contributed by atoms with E-state index >= 15 is 0 Å². The van der Waals surface area contributed by atoms with Gasteiger partial charge in [-0.05, 0) is 24.5 Å². The van der Waals surface area contributed by atoms with Crippen molar-refractivity contribution in [1.82, 2.24) is 4.98 Å². The number of pyridine rings is 1. The van der Waals surface area contributed by atoms with Gasteiger partial charge in [0.25, 0.3) is 0 Å². The highest BCUT2D eigenvalue weighted by Crippen LogP contribution is 2.33. The summed E-state index contributed by atoms with van der Waals surface area (Å²) in [5.74, 6) is 2.00. The van der Waals surface area contributed by atoms with Crippen LogP contribution in [0.2, 0.25) is 0 Å². The second-order valence-electron chi connectivity index (χ2n) is 4.48. The molecule has 3 nitrogen and oxygen atoms in total. The van der Waals surface area contributed by atoms with Crippen LogP contribution in [-0.4, -0.2) is 35.0 Å². The summed E-state index contributed by atoms with van der Waals surface area (Å²) < 4.78 is 5.57.